The molecule has 36 heavy (non-hydrogen) atoms. The molecule has 13 heteroatoms. The van der Waals surface area contributed by atoms with Gasteiger partial charge in [-0.1, -0.05) is 35.3 Å². The summed E-state index contributed by atoms with van der Waals surface area (Å²) < 4.78 is 76.0. The maximum absolute atomic E-state index is 13.2. The lowest BCUT2D eigenvalue weighted by Crippen LogP contribution is -2.37. The van der Waals surface area contributed by atoms with Gasteiger partial charge in [-0.05, 0) is 48.5 Å². The summed E-state index contributed by atoms with van der Waals surface area (Å²) in [6.45, 7) is -0.875. The Morgan fingerprint density at radius 3 is 2.28 bits per heavy atom. The van der Waals surface area contributed by atoms with Crippen molar-refractivity contribution < 1.29 is 35.9 Å². The summed E-state index contributed by atoms with van der Waals surface area (Å²) in [6, 6.07) is 13.2. The van der Waals surface area contributed by atoms with E-state index < -0.39 is 39.9 Å². The Bertz CT molecular complexity index is 1380. The van der Waals surface area contributed by atoms with Crippen molar-refractivity contribution in [2.45, 2.75) is 6.18 Å². The first-order valence-corrected chi connectivity index (χ1v) is 12.6. The second-order valence-electron chi connectivity index (χ2n) is 7.38. The van der Waals surface area contributed by atoms with Gasteiger partial charge in [0.1, 0.15) is 6.54 Å². The molecule has 1 amide bonds. The molecule has 0 aliphatic carbocycles. The van der Waals surface area contributed by atoms with Crippen molar-refractivity contribution in [3.05, 3.63) is 76.3 Å². The van der Waals surface area contributed by atoms with Crippen LogP contribution in [0.25, 0.3) is 0 Å². The molecule has 0 bridgehead atoms. The molecule has 1 N–H and O–H groups in total. The summed E-state index contributed by atoms with van der Waals surface area (Å²) in [4.78, 5) is 12.9. The maximum atomic E-state index is 13.2. The van der Waals surface area contributed by atoms with Crippen LogP contribution in [0.2, 0.25) is 10.0 Å². The van der Waals surface area contributed by atoms with Crippen molar-refractivity contribution in [2.24, 2.45) is 0 Å². The van der Waals surface area contributed by atoms with E-state index in [2.05, 4.69) is 5.32 Å². The molecule has 3 aromatic carbocycles. The molecule has 0 aromatic heterocycles. The van der Waals surface area contributed by atoms with Crippen molar-refractivity contribution in [3.8, 4) is 17.2 Å². The molecule has 0 radical (unpaired) electrons. The fraction of sp³-hybridized carbons (Fsp3) is 0.174. The van der Waals surface area contributed by atoms with Crippen LogP contribution >= 0.6 is 23.2 Å². The molecule has 0 atom stereocenters. The van der Waals surface area contributed by atoms with E-state index in [-0.39, 0.29) is 21.5 Å². The number of methoxy groups -OCH3 is 1. The molecule has 192 valence electrons. The van der Waals surface area contributed by atoms with Gasteiger partial charge in [0.05, 0.1) is 35.3 Å². The van der Waals surface area contributed by atoms with Crippen LogP contribution < -0.4 is 19.1 Å². The van der Waals surface area contributed by atoms with E-state index in [1.54, 1.807) is 24.3 Å². The topological polar surface area (TPSA) is 84.9 Å². The van der Waals surface area contributed by atoms with Gasteiger partial charge in [0.2, 0.25) is 15.9 Å². The van der Waals surface area contributed by atoms with Gasteiger partial charge < -0.3 is 14.8 Å². The predicted molar refractivity (Wildman–Crippen MR) is 132 cm³/mol. The minimum Gasteiger partial charge on any atom is -0.493 e. The molecule has 0 unspecified atom stereocenters. The molecule has 0 saturated heterocycles. The Morgan fingerprint density at radius 2 is 1.67 bits per heavy atom. The lowest BCUT2D eigenvalue weighted by molar-refractivity contribution is -0.137. The van der Waals surface area contributed by atoms with Gasteiger partial charge in [-0.25, -0.2) is 8.42 Å². The second-order valence-corrected chi connectivity index (χ2v) is 10.1. The summed E-state index contributed by atoms with van der Waals surface area (Å²) in [7, 11) is -2.77. The number of hydrogen-bond acceptors (Lipinski definition) is 5. The monoisotopic (exact) mass is 562 g/mol. The smallest absolute Gasteiger partial charge is 0.416 e. The summed E-state index contributed by atoms with van der Waals surface area (Å²) in [5.41, 5.74) is -1.54. The first-order chi connectivity index (χ1) is 16.8. The number of ether oxygens (including phenoxy) is 2. The Kier molecular flexibility index (Phi) is 8.27. The van der Waals surface area contributed by atoms with Crippen LogP contribution in [0.4, 0.5) is 24.5 Å². The number of carbonyl (C=O) groups excluding carboxylic acids is 1. The molecule has 0 fully saturated rings. The van der Waals surface area contributed by atoms with E-state index >= 15 is 0 Å². The van der Waals surface area contributed by atoms with E-state index in [4.69, 9.17) is 32.7 Å². The quantitative estimate of drug-likeness (QED) is 0.352. The molecule has 7 nitrogen and oxygen atoms in total. The third-order valence-electron chi connectivity index (χ3n) is 4.73. The summed E-state index contributed by atoms with van der Waals surface area (Å²) >= 11 is 12.1. The van der Waals surface area contributed by atoms with Gasteiger partial charge in [0.25, 0.3) is 0 Å². The van der Waals surface area contributed by atoms with Gasteiger partial charge in [-0.15, -0.1) is 0 Å². The Morgan fingerprint density at radius 1 is 1.00 bits per heavy atom. The number of para-hydroxylation sites is 2. The highest BCUT2D eigenvalue weighted by atomic mass is 35.5. The number of sulfonamides is 1. The van der Waals surface area contributed by atoms with E-state index in [0.29, 0.717) is 27.9 Å². The second kappa shape index (κ2) is 10.9. The van der Waals surface area contributed by atoms with Crippen LogP contribution in [0, 0.1) is 0 Å². The molecule has 0 aliphatic heterocycles. The Labute approximate surface area is 215 Å². The molecule has 3 rings (SSSR count). The number of amides is 1. The standard InChI is InChI=1S/C23H19Cl2F3N2O5S/c1-34-20-5-3-4-6-21(20)35-19-10-8-15(24)12-17(19)29-22(31)13-30(36(2,32)33)18-11-14(23(26,27)28)7-9-16(18)25/h3-12H,13H2,1-2H3,(H,29,31). The number of carbonyl (C=O) groups is 1. The molecule has 0 saturated carbocycles. The number of hydrogen-bond donors (Lipinski definition) is 1. The molecule has 0 spiro atoms. The van der Waals surface area contributed by atoms with Crippen molar-refractivity contribution >= 4 is 50.5 Å². The fourth-order valence-corrected chi connectivity index (χ4v) is 4.39. The highest BCUT2D eigenvalue weighted by Gasteiger charge is 2.33. The zero-order valence-corrected chi connectivity index (χ0v) is 21.1. The average molecular weight is 563 g/mol. The highest BCUT2D eigenvalue weighted by Crippen LogP contribution is 2.38. The van der Waals surface area contributed by atoms with Gasteiger partial charge in [-0.2, -0.15) is 13.2 Å². The van der Waals surface area contributed by atoms with Crippen molar-refractivity contribution in [1.29, 1.82) is 0 Å². The van der Waals surface area contributed by atoms with Crippen LogP contribution in [0.5, 0.6) is 17.2 Å². The lowest BCUT2D eigenvalue weighted by atomic mass is 10.2. The van der Waals surface area contributed by atoms with Crippen LogP contribution in [0.3, 0.4) is 0 Å². The van der Waals surface area contributed by atoms with E-state index in [1.165, 1.54) is 25.3 Å². The van der Waals surface area contributed by atoms with Crippen LogP contribution in [0.15, 0.2) is 60.7 Å². The number of nitrogens with one attached hydrogen (secondary N) is 1. The van der Waals surface area contributed by atoms with Gasteiger partial charge in [0, 0.05) is 5.02 Å². The first-order valence-electron chi connectivity index (χ1n) is 10.0. The minimum absolute atomic E-state index is 0.0852. The van der Waals surface area contributed by atoms with Crippen molar-refractivity contribution in [1.82, 2.24) is 0 Å². The Balaban J connectivity index is 1.92. The number of halogens is 5. The SMILES string of the molecule is COc1ccccc1Oc1ccc(Cl)cc1NC(=O)CN(c1cc(C(F)(F)F)ccc1Cl)S(C)(=O)=O. The molecular formula is C23H19Cl2F3N2O5S. The van der Waals surface area contributed by atoms with Crippen LogP contribution in [-0.4, -0.2) is 34.2 Å². The Hall–Kier alpha value is -3.15. The molecular weight excluding hydrogens is 544 g/mol. The van der Waals surface area contributed by atoms with Crippen molar-refractivity contribution in [3.63, 3.8) is 0 Å². The zero-order valence-electron chi connectivity index (χ0n) is 18.8. The number of nitrogens with zero attached hydrogens (tertiary/aromatic N) is 1. The molecule has 0 heterocycles. The minimum atomic E-state index is -4.75. The van der Waals surface area contributed by atoms with Crippen LogP contribution in [-0.2, 0) is 21.0 Å². The fourth-order valence-electron chi connectivity index (χ4n) is 3.09. The zero-order chi connectivity index (χ0) is 26.7. The third kappa shape index (κ3) is 6.74. The predicted octanol–water partition coefficient (Wildman–Crippen LogP) is 6.22. The summed E-state index contributed by atoms with van der Waals surface area (Å²) in [5, 5.41) is 2.43. The van der Waals surface area contributed by atoms with E-state index in [9.17, 15) is 26.4 Å². The number of benzene rings is 3. The van der Waals surface area contributed by atoms with Gasteiger partial charge in [-0.3, -0.25) is 9.10 Å². The van der Waals surface area contributed by atoms with E-state index in [0.717, 1.165) is 12.3 Å². The lowest BCUT2D eigenvalue weighted by Gasteiger charge is -2.24. The summed E-state index contributed by atoms with van der Waals surface area (Å²) in [6.07, 6.45) is -4.01. The normalized spacial score (nSPS) is 11.6. The molecule has 0 aliphatic rings. The third-order valence-corrected chi connectivity index (χ3v) is 6.42. The molecule has 3 aromatic rings. The van der Waals surface area contributed by atoms with Crippen molar-refractivity contribution in [2.75, 3.05) is 29.5 Å². The number of alkyl halides is 3. The number of rotatable bonds is 8. The maximum Gasteiger partial charge on any atom is 0.416 e. The van der Waals surface area contributed by atoms with Gasteiger partial charge in [0.15, 0.2) is 17.2 Å². The average Bonchev–Trinajstić information content (AvgIpc) is 2.78. The van der Waals surface area contributed by atoms with E-state index in [1.807, 2.05) is 0 Å². The van der Waals surface area contributed by atoms with Crippen LogP contribution in [0.1, 0.15) is 5.56 Å². The first kappa shape index (κ1) is 27.4. The summed E-state index contributed by atoms with van der Waals surface area (Å²) in [5.74, 6) is -0.000184. The highest BCUT2D eigenvalue weighted by molar-refractivity contribution is 7.92. The number of anilines is 2. The largest absolute Gasteiger partial charge is 0.493 e. The van der Waals surface area contributed by atoms with Gasteiger partial charge >= 0.3 is 6.18 Å².